The molecule has 0 bridgehead atoms. The van der Waals surface area contributed by atoms with Crippen LogP contribution in [0, 0.1) is 5.92 Å². The van der Waals surface area contributed by atoms with Crippen molar-refractivity contribution in [1.29, 1.82) is 0 Å². The van der Waals surface area contributed by atoms with Gasteiger partial charge < -0.3 is 20.9 Å². The van der Waals surface area contributed by atoms with E-state index in [-0.39, 0.29) is 11.8 Å². The maximum atomic E-state index is 12.0. The van der Waals surface area contributed by atoms with Crippen molar-refractivity contribution in [2.45, 2.75) is 33.1 Å². The Morgan fingerprint density at radius 1 is 1.18 bits per heavy atom. The van der Waals surface area contributed by atoms with Crippen LogP contribution in [0.4, 0.5) is 0 Å². The highest BCUT2D eigenvalue weighted by molar-refractivity contribution is 6.35. The third-order valence-electron chi connectivity index (χ3n) is 4.21. The molecule has 1 rings (SSSR count). The molecule has 3 amide bonds. The second-order valence-electron chi connectivity index (χ2n) is 5.61. The summed E-state index contributed by atoms with van der Waals surface area (Å²) < 4.78 is 0. The molecular weight excluding hydrogens is 284 g/mol. The number of carbonyl (C=O) groups excluding carboxylic acids is 3. The number of nitrogens with one attached hydrogen (secondary N) is 1. The molecule has 1 aliphatic heterocycles. The van der Waals surface area contributed by atoms with Gasteiger partial charge in [-0.2, -0.15) is 0 Å². The van der Waals surface area contributed by atoms with Crippen LogP contribution in [0.1, 0.15) is 33.1 Å². The summed E-state index contributed by atoms with van der Waals surface area (Å²) in [6, 6.07) is 0. The number of nitrogens with zero attached hydrogens (tertiary/aromatic N) is 2. The molecule has 3 N–H and O–H groups in total. The second kappa shape index (κ2) is 9.40. The van der Waals surface area contributed by atoms with Crippen molar-refractivity contribution in [2.24, 2.45) is 11.7 Å². The van der Waals surface area contributed by atoms with Crippen molar-refractivity contribution in [2.75, 3.05) is 39.3 Å². The second-order valence-corrected chi connectivity index (χ2v) is 5.61. The fraction of sp³-hybridized carbons (Fsp3) is 0.800. The predicted molar refractivity (Wildman–Crippen MR) is 83.9 cm³/mol. The standard InChI is InChI=1S/C15H28N4O3/c1-3-18(4-2)9-5-8-17-14(21)15(22)19-10-6-12(7-11-19)13(16)20/h12H,3-11H2,1-2H3,(H2,16,20)(H,17,21). The van der Waals surface area contributed by atoms with Crippen molar-refractivity contribution >= 4 is 17.7 Å². The highest BCUT2D eigenvalue weighted by Gasteiger charge is 2.28. The van der Waals surface area contributed by atoms with Gasteiger partial charge in [0.2, 0.25) is 5.91 Å². The third-order valence-corrected chi connectivity index (χ3v) is 4.21. The lowest BCUT2D eigenvalue weighted by atomic mass is 9.96. The molecule has 1 heterocycles. The summed E-state index contributed by atoms with van der Waals surface area (Å²) in [5.41, 5.74) is 5.25. The number of piperidine rings is 1. The van der Waals surface area contributed by atoms with Gasteiger partial charge in [-0.25, -0.2) is 0 Å². The maximum absolute atomic E-state index is 12.0. The van der Waals surface area contributed by atoms with Crippen LogP contribution in [0.5, 0.6) is 0 Å². The molecule has 22 heavy (non-hydrogen) atoms. The first-order chi connectivity index (χ1) is 10.5. The summed E-state index contributed by atoms with van der Waals surface area (Å²) in [6.45, 7) is 8.40. The lowest BCUT2D eigenvalue weighted by Gasteiger charge is -2.30. The number of carbonyl (C=O) groups is 3. The zero-order chi connectivity index (χ0) is 16.5. The van der Waals surface area contributed by atoms with E-state index in [0.29, 0.717) is 32.5 Å². The van der Waals surface area contributed by atoms with E-state index >= 15 is 0 Å². The first kappa shape index (κ1) is 18.4. The predicted octanol–water partition coefficient (Wildman–Crippen LogP) is -0.442. The van der Waals surface area contributed by atoms with Crippen molar-refractivity contribution < 1.29 is 14.4 Å². The zero-order valence-corrected chi connectivity index (χ0v) is 13.6. The van der Waals surface area contributed by atoms with E-state index in [1.54, 1.807) is 0 Å². The van der Waals surface area contributed by atoms with E-state index in [9.17, 15) is 14.4 Å². The molecule has 7 heteroatoms. The Morgan fingerprint density at radius 3 is 2.27 bits per heavy atom. The molecule has 0 aromatic carbocycles. The van der Waals surface area contributed by atoms with Gasteiger partial charge in [0.05, 0.1) is 0 Å². The third kappa shape index (κ3) is 5.63. The van der Waals surface area contributed by atoms with Crippen LogP contribution in [-0.4, -0.2) is 66.8 Å². The SMILES string of the molecule is CCN(CC)CCCNC(=O)C(=O)N1CCC(C(N)=O)CC1. The van der Waals surface area contributed by atoms with Gasteiger partial charge >= 0.3 is 11.8 Å². The Bertz CT molecular complexity index is 388. The molecular formula is C15H28N4O3. The van der Waals surface area contributed by atoms with Crippen molar-refractivity contribution in [3.8, 4) is 0 Å². The van der Waals surface area contributed by atoms with Crippen molar-refractivity contribution in [3.05, 3.63) is 0 Å². The Morgan fingerprint density at radius 2 is 1.77 bits per heavy atom. The largest absolute Gasteiger partial charge is 0.369 e. The highest BCUT2D eigenvalue weighted by Crippen LogP contribution is 2.16. The molecule has 126 valence electrons. The average molecular weight is 312 g/mol. The fourth-order valence-electron chi connectivity index (χ4n) is 2.63. The number of rotatable bonds is 7. The number of hydrogen-bond acceptors (Lipinski definition) is 4. The van der Waals surface area contributed by atoms with Gasteiger partial charge in [-0.3, -0.25) is 14.4 Å². The molecule has 0 spiro atoms. The summed E-state index contributed by atoms with van der Waals surface area (Å²) in [5, 5.41) is 2.67. The molecule has 1 aliphatic rings. The molecule has 0 saturated carbocycles. The summed E-state index contributed by atoms with van der Waals surface area (Å²) in [4.78, 5) is 38.7. The molecule has 0 atom stereocenters. The van der Waals surface area contributed by atoms with Gasteiger partial charge in [0.15, 0.2) is 0 Å². The molecule has 1 saturated heterocycles. The lowest BCUT2D eigenvalue weighted by molar-refractivity contribution is -0.147. The van der Waals surface area contributed by atoms with E-state index in [1.807, 2.05) is 0 Å². The van der Waals surface area contributed by atoms with Gasteiger partial charge in [-0.15, -0.1) is 0 Å². The molecule has 1 fully saturated rings. The quantitative estimate of drug-likeness (QED) is 0.492. The fourth-order valence-corrected chi connectivity index (χ4v) is 2.63. The summed E-state index contributed by atoms with van der Waals surface area (Å²) in [6.07, 6.45) is 1.90. The van der Waals surface area contributed by atoms with Crippen molar-refractivity contribution in [1.82, 2.24) is 15.1 Å². The Kier molecular flexibility index (Phi) is 7.87. The van der Waals surface area contributed by atoms with E-state index < -0.39 is 11.8 Å². The van der Waals surface area contributed by atoms with E-state index in [4.69, 9.17) is 5.73 Å². The average Bonchev–Trinajstić information content (AvgIpc) is 2.54. The van der Waals surface area contributed by atoms with Crippen LogP contribution >= 0.6 is 0 Å². The summed E-state index contributed by atoms with van der Waals surface area (Å²) in [7, 11) is 0. The Balaban J connectivity index is 2.25. The minimum atomic E-state index is -0.558. The van der Waals surface area contributed by atoms with Crippen LogP contribution in [0.25, 0.3) is 0 Å². The summed E-state index contributed by atoms with van der Waals surface area (Å²) >= 11 is 0. The van der Waals surface area contributed by atoms with Gasteiger partial charge in [-0.05, 0) is 38.9 Å². The van der Waals surface area contributed by atoms with Crippen LogP contribution in [0.2, 0.25) is 0 Å². The molecule has 7 nitrogen and oxygen atoms in total. The Labute approximate surface area is 132 Å². The van der Waals surface area contributed by atoms with E-state index in [1.165, 1.54) is 4.90 Å². The van der Waals surface area contributed by atoms with Gasteiger partial charge in [0.25, 0.3) is 0 Å². The minimum absolute atomic E-state index is 0.179. The van der Waals surface area contributed by atoms with Gasteiger partial charge in [0.1, 0.15) is 0 Å². The first-order valence-electron chi connectivity index (χ1n) is 8.08. The maximum Gasteiger partial charge on any atom is 0.311 e. The summed E-state index contributed by atoms with van der Waals surface area (Å²) in [5.74, 6) is -1.57. The van der Waals surface area contributed by atoms with Crippen molar-refractivity contribution in [3.63, 3.8) is 0 Å². The van der Waals surface area contributed by atoms with E-state index in [0.717, 1.165) is 26.1 Å². The molecule has 0 aromatic rings. The lowest BCUT2D eigenvalue weighted by Crippen LogP contribution is -2.48. The van der Waals surface area contributed by atoms with Gasteiger partial charge in [-0.1, -0.05) is 13.8 Å². The van der Waals surface area contributed by atoms with Gasteiger partial charge in [0, 0.05) is 25.6 Å². The van der Waals surface area contributed by atoms with Crippen LogP contribution in [0.3, 0.4) is 0 Å². The minimum Gasteiger partial charge on any atom is -0.369 e. The molecule has 0 radical (unpaired) electrons. The van der Waals surface area contributed by atoms with Crippen LogP contribution in [-0.2, 0) is 14.4 Å². The Hall–Kier alpha value is -1.63. The van der Waals surface area contributed by atoms with Crippen LogP contribution < -0.4 is 11.1 Å². The topological polar surface area (TPSA) is 95.7 Å². The highest BCUT2D eigenvalue weighted by atomic mass is 16.2. The molecule has 0 unspecified atom stereocenters. The number of nitrogens with two attached hydrogens (primary N) is 1. The smallest absolute Gasteiger partial charge is 0.311 e. The number of primary amides is 1. The molecule has 0 aromatic heterocycles. The normalized spacial score (nSPS) is 15.9. The van der Waals surface area contributed by atoms with E-state index in [2.05, 4.69) is 24.1 Å². The number of hydrogen-bond donors (Lipinski definition) is 2. The monoisotopic (exact) mass is 312 g/mol. The first-order valence-corrected chi connectivity index (χ1v) is 8.08. The molecule has 0 aliphatic carbocycles. The zero-order valence-electron chi connectivity index (χ0n) is 13.6. The number of amides is 3. The number of likely N-dealkylation sites (tertiary alicyclic amines) is 1. The van der Waals surface area contributed by atoms with Crippen LogP contribution in [0.15, 0.2) is 0 Å².